The molecule has 0 amide bonds. The highest BCUT2D eigenvalue weighted by atomic mass is 32.2. The van der Waals surface area contributed by atoms with Gasteiger partial charge in [0.1, 0.15) is 0 Å². The molecule has 2 nitrogen and oxygen atoms in total. The molecular weight excluding hydrogens is 194 g/mol. The minimum absolute atomic E-state index is 0.745. The van der Waals surface area contributed by atoms with Crippen molar-refractivity contribution in [3.8, 4) is 0 Å². The van der Waals surface area contributed by atoms with Gasteiger partial charge in [0.2, 0.25) is 0 Å². The number of hydrogen-bond donors (Lipinski definition) is 1. The van der Waals surface area contributed by atoms with Crippen molar-refractivity contribution in [2.45, 2.75) is 30.3 Å². The minimum atomic E-state index is -0.858. The molecule has 0 spiro atoms. The second-order valence-corrected chi connectivity index (χ2v) is 5.13. The average molecular weight is 209 g/mol. The zero-order valence-corrected chi connectivity index (χ0v) is 9.14. The Morgan fingerprint density at radius 1 is 1.36 bits per heavy atom. The lowest BCUT2D eigenvalue weighted by Gasteiger charge is -2.03. The molecular formula is C11H15NOS. The lowest BCUT2D eigenvalue weighted by molar-refractivity contribution is 0.684. The van der Waals surface area contributed by atoms with Crippen molar-refractivity contribution in [2.24, 2.45) is 0 Å². The maximum Gasteiger partial charge on any atom is 0.0498 e. The first-order valence-corrected chi connectivity index (χ1v) is 6.47. The molecule has 0 aliphatic heterocycles. The predicted molar refractivity (Wildman–Crippen MR) is 58.6 cm³/mol. The van der Waals surface area contributed by atoms with Crippen LogP contribution in [0.3, 0.4) is 0 Å². The van der Waals surface area contributed by atoms with Gasteiger partial charge in [0.05, 0.1) is 0 Å². The molecule has 1 N–H and O–H groups in total. The van der Waals surface area contributed by atoms with E-state index in [4.69, 9.17) is 0 Å². The highest BCUT2D eigenvalue weighted by Crippen LogP contribution is 2.19. The van der Waals surface area contributed by atoms with E-state index in [0.29, 0.717) is 0 Å². The van der Waals surface area contributed by atoms with Crippen LogP contribution in [0.5, 0.6) is 0 Å². The van der Waals surface area contributed by atoms with Crippen LogP contribution in [-0.2, 0) is 17.3 Å². The maximum absolute atomic E-state index is 11.1. The number of hydrogen-bond acceptors (Lipinski definition) is 2. The molecule has 1 aliphatic carbocycles. The quantitative estimate of drug-likeness (QED) is 0.817. The summed E-state index contributed by atoms with van der Waals surface area (Å²) in [7, 11) is -0.858. The molecule has 14 heavy (non-hydrogen) atoms. The second-order valence-electron chi connectivity index (χ2n) is 3.75. The van der Waals surface area contributed by atoms with Crippen molar-refractivity contribution in [3.05, 3.63) is 29.8 Å². The monoisotopic (exact) mass is 209 g/mol. The Morgan fingerprint density at radius 3 is 2.50 bits per heavy atom. The Kier molecular flexibility index (Phi) is 2.99. The molecule has 1 saturated carbocycles. The first-order valence-electron chi connectivity index (χ1n) is 4.91. The Labute approximate surface area is 87.2 Å². The van der Waals surface area contributed by atoms with E-state index in [9.17, 15) is 4.21 Å². The second kappa shape index (κ2) is 4.24. The molecule has 1 fully saturated rings. The first-order chi connectivity index (χ1) is 6.75. The minimum Gasteiger partial charge on any atom is -0.310 e. The fourth-order valence-corrected chi connectivity index (χ4v) is 1.87. The van der Waals surface area contributed by atoms with Gasteiger partial charge in [-0.05, 0) is 30.5 Å². The zero-order valence-electron chi connectivity index (χ0n) is 8.32. The highest BCUT2D eigenvalue weighted by Gasteiger charge is 2.19. The molecule has 1 atom stereocenters. The van der Waals surface area contributed by atoms with Crippen molar-refractivity contribution in [1.82, 2.24) is 5.32 Å². The predicted octanol–water partition coefficient (Wildman–Crippen LogP) is 1.68. The van der Waals surface area contributed by atoms with Crippen molar-refractivity contribution in [3.63, 3.8) is 0 Å². The summed E-state index contributed by atoms with van der Waals surface area (Å²) in [5.41, 5.74) is 1.27. The average Bonchev–Trinajstić information content (AvgIpc) is 2.99. The van der Waals surface area contributed by atoms with Crippen LogP contribution >= 0.6 is 0 Å². The van der Waals surface area contributed by atoms with Gasteiger partial charge in [-0.1, -0.05) is 12.1 Å². The van der Waals surface area contributed by atoms with E-state index in [0.717, 1.165) is 17.5 Å². The van der Waals surface area contributed by atoms with Gasteiger partial charge >= 0.3 is 0 Å². The molecule has 0 saturated heterocycles. The third kappa shape index (κ3) is 2.66. The fourth-order valence-electron chi connectivity index (χ4n) is 1.35. The van der Waals surface area contributed by atoms with Crippen molar-refractivity contribution in [2.75, 3.05) is 6.26 Å². The lowest BCUT2D eigenvalue weighted by atomic mass is 10.2. The van der Waals surface area contributed by atoms with Gasteiger partial charge in [0, 0.05) is 34.5 Å². The first kappa shape index (κ1) is 9.87. The van der Waals surface area contributed by atoms with E-state index >= 15 is 0 Å². The van der Waals surface area contributed by atoms with E-state index in [1.165, 1.54) is 18.4 Å². The van der Waals surface area contributed by atoms with Crippen LogP contribution in [0.1, 0.15) is 18.4 Å². The van der Waals surface area contributed by atoms with Crippen LogP contribution in [-0.4, -0.2) is 16.5 Å². The zero-order chi connectivity index (χ0) is 9.97. The van der Waals surface area contributed by atoms with Crippen LogP contribution < -0.4 is 5.32 Å². The van der Waals surface area contributed by atoms with Gasteiger partial charge in [-0.25, -0.2) is 0 Å². The van der Waals surface area contributed by atoms with Crippen molar-refractivity contribution in [1.29, 1.82) is 0 Å². The molecule has 0 radical (unpaired) electrons. The third-order valence-electron chi connectivity index (χ3n) is 2.43. The maximum atomic E-state index is 11.1. The lowest BCUT2D eigenvalue weighted by Crippen LogP contribution is -2.15. The molecule has 0 unspecified atom stereocenters. The van der Waals surface area contributed by atoms with E-state index in [-0.39, 0.29) is 0 Å². The van der Waals surface area contributed by atoms with Crippen molar-refractivity contribution < 1.29 is 4.21 Å². The number of benzene rings is 1. The Hall–Kier alpha value is -0.670. The molecule has 0 bridgehead atoms. The third-order valence-corrected chi connectivity index (χ3v) is 3.36. The SMILES string of the molecule is C[S@](=O)c1ccc(CNC2CC2)cc1. The molecule has 0 aromatic heterocycles. The number of rotatable bonds is 4. The van der Waals surface area contributed by atoms with Gasteiger partial charge in [0.25, 0.3) is 0 Å². The van der Waals surface area contributed by atoms with Crippen LogP contribution in [0.15, 0.2) is 29.2 Å². The molecule has 0 heterocycles. The summed E-state index contributed by atoms with van der Waals surface area (Å²) in [5.74, 6) is 0. The van der Waals surface area contributed by atoms with E-state index in [1.807, 2.05) is 24.3 Å². The van der Waals surface area contributed by atoms with E-state index < -0.39 is 10.8 Å². The van der Waals surface area contributed by atoms with E-state index in [2.05, 4.69) is 5.32 Å². The molecule has 1 aliphatic rings. The van der Waals surface area contributed by atoms with E-state index in [1.54, 1.807) is 6.26 Å². The van der Waals surface area contributed by atoms with Gasteiger partial charge in [-0.2, -0.15) is 0 Å². The topological polar surface area (TPSA) is 29.1 Å². The fraction of sp³-hybridized carbons (Fsp3) is 0.455. The Balaban J connectivity index is 1.94. The molecule has 2 rings (SSSR count). The smallest absolute Gasteiger partial charge is 0.0498 e. The number of nitrogens with one attached hydrogen (secondary N) is 1. The molecule has 3 heteroatoms. The summed E-state index contributed by atoms with van der Waals surface area (Å²) in [6.07, 6.45) is 4.34. The Morgan fingerprint density at radius 2 is 2.00 bits per heavy atom. The van der Waals surface area contributed by atoms with Gasteiger partial charge in [0.15, 0.2) is 0 Å². The van der Waals surface area contributed by atoms with Crippen molar-refractivity contribution >= 4 is 10.8 Å². The largest absolute Gasteiger partial charge is 0.310 e. The van der Waals surface area contributed by atoms with Gasteiger partial charge in [-0.3, -0.25) is 4.21 Å². The van der Waals surface area contributed by atoms with Crippen LogP contribution in [0, 0.1) is 0 Å². The summed E-state index contributed by atoms with van der Waals surface area (Å²) in [6.45, 7) is 0.932. The van der Waals surface area contributed by atoms with Gasteiger partial charge < -0.3 is 5.32 Å². The van der Waals surface area contributed by atoms with Crippen LogP contribution in [0.2, 0.25) is 0 Å². The molecule has 1 aromatic rings. The van der Waals surface area contributed by atoms with Crippen LogP contribution in [0.25, 0.3) is 0 Å². The molecule has 1 aromatic carbocycles. The summed E-state index contributed by atoms with van der Waals surface area (Å²) < 4.78 is 11.1. The van der Waals surface area contributed by atoms with Crippen LogP contribution in [0.4, 0.5) is 0 Å². The summed E-state index contributed by atoms with van der Waals surface area (Å²) >= 11 is 0. The summed E-state index contributed by atoms with van der Waals surface area (Å²) in [4.78, 5) is 0.903. The highest BCUT2D eigenvalue weighted by molar-refractivity contribution is 7.84. The Bertz CT molecular complexity index is 330. The summed E-state index contributed by atoms with van der Waals surface area (Å²) in [5, 5.41) is 3.45. The molecule has 76 valence electrons. The normalized spacial score (nSPS) is 18.1. The summed E-state index contributed by atoms with van der Waals surface area (Å²) in [6, 6.07) is 8.73. The van der Waals surface area contributed by atoms with Gasteiger partial charge in [-0.15, -0.1) is 0 Å². The standard InChI is InChI=1S/C11H15NOS/c1-14(13)11-6-2-9(3-7-11)8-12-10-4-5-10/h2-3,6-7,10,12H,4-5,8H2,1H3/t14-/m0/s1.